The van der Waals surface area contributed by atoms with Crippen LogP contribution in [0.4, 0.5) is 0 Å². The first-order valence-corrected chi connectivity index (χ1v) is 8.91. The number of nitrogens with zero attached hydrogens (tertiary/aromatic N) is 2. The maximum atomic E-state index is 12.3. The molecule has 26 heavy (non-hydrogen) atoms. The summed E-state index contributed by atoms with van der Waals surface area (Å²) in [6.45, 7) is 4.77. The van der Waals surface area contributed by atoms with Crippen LogP contribution in [0.15, 0.2) is 12.1 Å². The van der Waals surface area contributed by atoms with E-state index in [1.807, 2.05) is 18.0 Å². The van der Waals surface area contributed by atoms with E-state index in [1.165, 1.54) is 12.7 Å². The number of carbonyl (C=O) groups excluding carboxylic acids is 2. The van der Waals surface area contributed by atoms with Crippen molar-refractivity contribution >= 4 is 22.9 Å². The largest absolute Gasteiger partial charge is 0.468 e. The molecule has 7 nitrogen and oxygen atoms in total. The summed E-state index contributed by atoms with van der Waals surface area (Å²) in [6, 6.07) is 3.78. The predicted octanol–water partition coefficient (Wildman–Crippen LogP) is 1.47. The lowest BCUT2D eigenvalue weighted by Crippen LogP contribution is -2.36. The van der Waals surface area contributed by atoms with Crippen LogP contribution in [-0.2, 0) is 20.7 Å². The predicted molar refractivity (Wildman–Crippen MR) is 98.9 cm³/mol. The van der Waals surface area contributed by atoms with Gasteiger partial charge in [0.25, 0.3) is 0 Å². The monoisotopic (exact) mass is 358 g/mol. The quantitative estimate of drug-likeness (QED) is 0.791. The molecule has 1 aliphatic heterocycles. The molecular formula is C19H26N4O3. The maximum Gasteiger partial charge on any atom is 0.323 e. The van der Waals surface area contributed by atoms with E-state index in [0.29, 0.717) is 25.8 Å². The number of rotatable bonds is 5. The number of H-pyrrole nitrogens is 1. The second kappa shape index (κ2) is 7.45. The maximum absolute atomic E-state index is 12.3. The van der Waals surface area contributed by atoms with Crippen molar-refractivity contribution in [3.05, 3.63) is 29.1 Å². The molecule has 1 aromatic carbocycles. The van der Waals surface area contributed by atoms with Gasteiger partial charge in [-0.3, -0.25) is 14.5 Å². The molecule has 140 valence electrons. The molecule has 0 aliphatic carbocycles. The van der Waals surface area contributed by atoms with Gasteiger partial charge in [0.1, 0.15) is 11.9 Å². The number of likely N-dealkylation sites (tertiary alicyclic amines) is 1. The molecule has 2 aromatic rings. The molecule has 1 aliphatic rings. The summed E-state index contributed by atoms with van der Waals surface area (Å²) in [6.07, 6.45) is 1.50. The van der Waals surface area contributed by atoms with Crippen molar-refractivity contribution in [1.29, 1.82) is 0 Å². The third-order valence-corrected chi connectivity index (χ3v) is 5.20. The van der Waals surface area contributed by atoms with Crippen LogP contribution in [-0.4, -0.2) is 59.5 Å². The number of hydrogen-bond donors (Lipinski definition) is 2. The fourth-order valence-electron chi connectivity index (χ4n) is 3.53. The van der Waals surface area contributed by atoms with Crippen molar-refractivity contribution in [1.82, 2.24) is 20.2 Å². The highest BCUT2D eigenvalue weighted by atomic mass is 16.5. The van der Waals surface area contributed by atoms with Gasteiger partial charge in [-0.25, -0.2) is 4.98 Å². The molecule has 7 heteroatoms. The van der Waals surface area contributed by atoms with E-state index in [2.05, 4.69) is 35.2 Å². The average Bonchev–Trinajstić information content (AvgIpc) is 3.19. The molecule has 0 spiro atoms. The van der Waals surface area contributed by atoms with Gasteiger partial charge in [0.15, 0.2) is 0 Å². The number of aromatic amines is 1. The Balaban J connectivity index is 1.55. The summed E-state index contributed by atoms with van der Waals surface area (Å²) in [5.41, 5.74) is 4.34. The van der Waals surface area contributed by atoms with Crippen LogP contribution >= 0.6 is 0 Å². The Kier molecular flexibility index (Phi) is 5.27. The molecule has 3 rings (SSSR count). The Morgan fingerprint density at radius 3 is 2.88 bits per heavy atom. The van der Waals surface area contributed by atoms with Crippen LogP contribution in [0.25, 0.3) is 11.0 Å². The minimum Gasteiger partial charge on any atom is -0.468 e. The number of hydrogen-bond acceptors (Lipinski definition) is 5. The van der Waals surface area contributed by atoms with Crippen molar-refractivity contribution < 1.29 is 14.3 Å². The zero-order valence-electron chi connectivity index (χ0n) is 15.8. The molecule has 1 amide bonds. The molecule has 1 aromatic heterocycles. The van der Waals surface area contributed by atoms with E-state index in [4.69, 9.17) is 4.74 Å². The molecule has 0 saturated carbocycles. The Morgan fingerprint density at radius 2 is 2.15 bits per heavy atom. The zero-order valence-corrected chi connectivity index (χ0v) is 15.8. The molecule has 2 heterocycles. The van der Waals surface area contributed by atoms with E-state index in [0.717, 1.165) is 22.4 Å². The van der Waals surface area contributed by atoms with Gasteiger partial charge in [-0.05, 0) is 44.5 Å². The van der Waals surface area contributed by atoms with Crippen molar-refractivity contribution in [2.24, 2.45) is 0 Å². The van der Waals surface area contributed by atoms with Gasteiger partial charge in [-0.15, -0.1) is 0 Å². The summed E-state index contributed by atoms with van der Waals surface area (Å²) in [4.78, 5) is 33.8. The van der Waals surface area contributed by atoms with E-state index in [-0.39, 0.29) is 24.0 Å². The number of methoxy groups -OCH3 is 1. The Morgan fingerprint density at radius 1 is 1.38 bits per heavy atom. The van der Waals surface area contributed by atoms with Gasteiger partial charge < -0.3 is 15.0 Å². The smallest absolute Gasteiger partial charge is 0.323 e. The fourth-order valence-corrected chi connectivity index (χ4v) is 3.53. The number of imidazole rings is 1. The molecule has 2 N–H and O–H groups in total. The Labute approximate surface area is 153 Å². The average molecular weight is 358 g/mol. The van der Waals surface area contributed by atoms with Crippen molar-refractivity contribution in [2.45, 2.75) is 45.2 Å². The van der Waals surface area contributed by atoms with Crippen molar-refractivity contribution in [3.8, 4) is 0 Å². The Hall–Kier alpha value is -2.41. The van der Waals surface area contributed by atoms with Gasteiger partial charge >= 0.3 is 5.97 Å². The highest BCUT2D eigenvalue weighted by Gasteiger charge is 2.35. The molecule has 0 radical (unpaired) electrons. The number of likely N-dealkylation sites (N-methyl/N-ethyl adjacent to an activating group) is 1. The minimum atomic E-state index is -0.285. The van der Waals surface area contributed by atoms with Crippen LogP contribution in [0.2, 0.25) is 0 Å². The van der Waals surface area contributed by atoms with E-state index in [1.54, 1.807) is 0 Å². The number of benzene rings is 1. The number of ether oxygens (including phenoxy) is 1. The summed E-state index contributed by atoms with van der Waals surface area (Å²) in [5.74, 6) is 0.541. The number of amides is 1. The molecule has 2 atom stereocenters. The molecular weight excluding hydrogens is 332 g/mol. The van der Waals surface area contributed by atoms with Gasteiger partial charge in [0.2, 0.25) is 5.91 Å². The first kappa shape index (κ1) is 18.4. The SMILES string of the molecule is COC(=O)[C@@H]1C[C@@H](NC(=O)CCc2nc3c(C)c(C)ccc3[nH]2)CN1C. The topological polar surface area (TPSA) is 87.3 Å². The molecule has 1 saturated heterocycles. The third-order valence-electron chi connectivity index (χ3n) is 5.20. The number of fused-ring (bicyclic) bond motifs is 1. The summed E-state index contributed by atoms with van der Waals surface area (Å²) in [7, 11) is 3.26. The third kappa shape index (κ3) is 3.72. The minimum absolute atomic E-state index is 0.0257. The van der Waals surface area contributed by atoms with E-state index >= 15 is 0 Å². The van der Waals surface area contributed by atoms with Crippen LogP contribution in [0.5, 0.6) is 0 Å². The van der Waals surface area contributed by atoms with Crippen LogP contribution in [0.3, 0.4) is 0 Å². The van der Waals surface area contributed by atoms with Crippen molar-refractivity contribution in [3.63, 3.8) is 0 Å². The lowest BCUT2D eigenvalue weighted by Gasteiger charge is -2.15. The lowest BCUT2D eigenvalue weighted by molar-refractivity contribution is -0.145. The molecule has 0 bridgehead atoms. The standard InChI is InChI=1S/C19H26N4O3/c1-11-5-6-14-18(12(11)2)22-16(21-14)7-8-17(24)20-13-9-15(19(25)26-4)23(3)10-13/h5-6,13,15H,7-10H2,1-4H3,(H,20,24)(H,21,22)/t13-,15+/m1/s1. The van der Waals surface area contributed by atoms with Gasteiger partial charge in [-0.1, -0.05) is 6.07 Å². The zero-order chi connectivity index (χ0) is 18.8. The summed E-state index contributed by atoms with van der Waals surface area (Å²) in [5, 5.41) is 3.01. The van der Waals surface area contributed by atoms with Gasteiger partial charge in [0, 0.05) is 25.4 Å². The Bertz CT molecular complexity index is 830. The highest BCUT2D eigenvalue weighted by Crippen LogP contribution is 2.20. The second-order valence-electron chi connectivity index (χ2n) is 7.07. The fraction of sp³-hybridized carbons (Fsp3) is 0.526. The highest BCUT2D eigenvalue weighted by molar-refractivity contribution is 5.80. The number of aromatic nitrogens is 2. The van der Waals surface area contributed by atoms with Gasteiger partial charge in [0.05, 0.1) is 18.1 Å². The number of esters is 1. The summed E-state index contributed by atoms with van der Waals surface area (Å²) >= 11 is 0. The first-order valence-electron chi connectivity index (χ1n) is 8.91. The normalized spacial score (nSPS) is 20.5. The first-order chi connectivity index (χ1) is 12.4. The lowest BCUT2D eigenvalue weighted by atomic mass is 10.1. The number of nitrogens with one attached hydrogen (secondary N) is 2. The molecule has 0 unspecified atom stereocenters. The van der Waals surface area contributed by atoms with E-state index < -0.39 is 0 Å². The van der Waals surface area contributed by atoms with Crippen LogP contribution < -0.4 is 5.32 Å². The number of carbonyl (C=O) groups is 2. The van der Waals surface area contributed by atoms with Crippen LogP contribution in [0.1, 0.15) is 29.8 Å². The second-order valence-corrected chi connectivity index (χ2v) is 7.07. The van der Waals surface area contributed by atoms with E-state index in [9.17, 15) is 9.59 Å². The molecule has 1 fully saturated rings. The van der Waals surface area contributed by atoms with Crippen LogP contribution in [0, 0.1) is 13.8 Å². The summed E-state index contributed by atoms with van der Waals surface area (Å²) < 4.78 is 4.80. The van der Waals surface area contributed by atoms with Gasteiger partial charge in [-0.2, -0.15) is 0 Å². The van der Waals surface area contributed by atoms with Crippen molar-refractivity contribution in [2.75, 3.05) is 20.7 Å². The number of aryl methyl sites for hydroxylation is 3.